The van der Waals surface area contributed by atoms with Gasteiger partial charge in [0.05, 0.1) is 11.9 Å². The fourth-order valence-corrected chi connectivity index (χ4v) is 3.91. The Bertz CT molecular complexity index is 677. The van der Waals surface area contributed by atoms with Crippen LogP contribution in [0.5, 0.6) is 0 Å². The Morgan fingerprint density at radius 1 is 1.12 bits per heavy atom. The van der Waals surface area contributed by atoms with Gasteiger partial charge in [0.15, 0.2) is 0 Å². The van der Waals surface area contributed by atoms with Crippen LogP contribution in [0.2, 0.25) is 5.02 Å². The first-order valence-electron chi connectivity index (χ1n) is 7.74. The zero-order valence-corrected chi connectivity index (χ0v) is 16.8. The monoisotopic (exact) mass is 374 g/mol. The molecule has 0 fully saturated rings. The second-order valence-electron chi connectivity index (χ2n) is 7.92. The number of anilines is 1. The van der Waals surface area contributed by atoms with Crippen LogP contribution in [0.1, 0.15) is 41.0 Å². The number of hydrogen-bond donors (Lipinski definition) is 1. The lowest BCUT2D eigenvalue weighted by Crippen LogP contribution is -2.50. The number of hydrogen-bond acceptors (Lipinski definition) is 3. The van der Waals surface area contributed by atoms with E-state index in [1.165, 1.54) is 0 Å². The Morgan fingerprint density at radius 2 is 1.62 bits per heavy atom. The van der Waals surface area contributed by atoms with Crippen molar-refractivity contribution < 1.29 is 13.2 Å². The van der Waals surface area contributed by atoms with Crippen LogP contribution in [0.3, 0.4) is 0 Å². The van der Waals surface area contributed by atoms with Crippen LogP contribution < -0.4 is 9.62 Å². The lowest BCUT2D eigenvalue weighted by Gasteiger charge is -2.34. The molecule has 7 heteroatoms. The molecule has 5 nitrogen and oxygen atoms in total. The van der Waals surface area contributed by atoms with Crippen molar-refractivity contribution in [3.05, 3.63) is 29.3 Å². The number of carbonyl (C=O) groups is 1. The van der Waals surface area contributed by atoms with Crippen LogP contribution in [-0.2, 0) is 14.8 Å². The summed E-state index contributed by atoms with van der Waals surface area (Å²) in [5.74, 6) is -0.343. The topological polar surface area (TPSA) is 66.5 Å². The molecule has 1 aromatic rings. The summed E-state index contributed by atoms with van der Waals surface area (Å²) in [7, 11) is -3.59. The summed E-state index contributed by atoms with van der Waals surface area (Å²) in [6.07, 6.45) is 1.85. The molecule has 136 valence electrons. The lowest BCUT2D eigenvalue weighted by atomic mass is 9.82. The van der Waals surface area contributed by atoms with Gasteiger partial charge in [0.2, 0.25) is 15.9 Å². The first-order chi connectivity index (χ1) is 10.7. The van der Waals surface area contributed by atoms with E-state index >= 15 is 0 Å². The highest BCUT2D eigenvalue weighted by Crippen LogP contribution is 2.27. The second-order valence-corrected chi connectivity index (χ2v) is 10.3. The first kappa shape index (κ1) is 20.8. The molecule has 0 aliphatic heterocycles. The molecule has 1 amide bonds. The predicted octanol–water partition coefficient (Wildman–Crippen LogP) is 3.44. The van der Waals surface area contributed by atoms with Crippen molar-refractivity contribution in [1.29, 1.82) is 0 Å². The van der Waals surface area contributed by atoms with E-state index in [-0.39, 0.29) is 17.9 Å². The number of amides is 1. The molecule has 0 aliphatic rings. The molecule has 0 saturated carbocycles. The van der Waals surface area contributed by atoms with Gasteiger partial charge in [0.25, 0.3) is 0 Å². The van der Waals surface area contributed by atoms with Gasteiger partial charge >= 0.3 is 0 Å². The van der Waals surface area contributed by atoms with Gasteiger partial charge in [0, 0.05) is 10.6 Å². The van der Waals surface area contributed by atoms with Crippen molar-refractivity contribution >= 4 is 33.2 Å². The number of halogens is 1. The highest BCUT2D eigenvalue weighted by atomic mass is 35.5. The van der Waals surface area contributed by atoms with Gasteiger partial charge < -0.3 is 5.32 Å². The third-order valence-electron chi connectivity index (χ3n) is 3.25. The molecular formula is C17H27ClN2O3S. The van der Waals surface area contributed by atoms with E-state index in [1.807, 2.05) is 13.8 Å². The van der Waals surface area contributed by atoms with Gasteiger partial charge in [-0.3, -0.25) is 9.10 Å². The second kappa shape index (κ2) is 7.31. The maximum absolute atomic E-state index is 12.4. The summed E-state index contributed by atoms with van der Waals surface area (Å²) in [6.45, 7) is 9.88. The quantitative estimate of drug-likeness (QED) is 0.829. The van der Waals surface area contributed by atoms with Gasteiger partial charge in [-0.1, -0.05) is 32.4 Å². The minimum Gasteiger partial charge on any atom is -0.350 e. The Morgan fingerprint density at radius 3 is 2.04 bits per heavy atom. The molecule has 0 heterocycles. The van der Waals surface area contributed by atoms with Crippen LogP contribution in [0.4, 0.5) is 5.69 Å². The van der Waals surface area contributed by atoms with Crippen LogP contribution in [0.25, 0.3) is 0 Å². The van der Waals surface area contributed by atoms with Gasteiger partial charge in [-0.2, -0.15) is 0 Å². The minimum atomic E-state index is -3.59. The van der Waals surface area contributed by atoms with Gasteiger partial charge in [-0.15, -0.1) is 0 Å². The molecule has 0 radical (unpaired) electrons. The number of benzene rings is 1. The highest BCUT2D eigenvalue weighted by Gasteiger charge is 2.29. The third-order valence-corrected chi connectivity index (χ3v) is 4.64. The highest BCUT2D eigenvalue weighted by molar-refractivity contribution is 7.92. The summed E-state index contributed by atoms with van der Waals surface area (Å²) in [6, 6.07) is 6.35. The third kappa shape index (κ3) is 7.09. The molecule has 0 spiro atoms. The summed E-state index contributed by atoms with van der Waals surface area (Å²) in [5.41, 5.74) is 0.0211. The largest absolute Gasteiger partial charge is 0.350 e. The average Bonchev–Trinajstić information content (AvgIpc) is 2.32. The van der Waals surface area contributed by atoms with E-state index in [1.54, 1.807) is 24.3 Å². The average molecular weight is 375 g/mol. The SMILES string of the molecule is CC(C)(C)CC(C)(C)NC(=O)CN(c1ccc(Cl)cc1)S(C)(=O)=O. The molecule has 0 atom stereocenters. The molecule has 0 aromatic heterocycles. The summed E-state index contributed by atoms with van der Waals surface area (Å²) in [4.78, 5) is 12.4. The summed E-state index contributed by atoms with van der Waals surface area (Å²) in [5, 5.41) is 3.43. The zero-order valence-electron chi connectivity index (χ0n) is 15.2. The summed E-state index contributed by atoms with van der Waals surface area (Å²) >= 11 is 5.84. The maximum atomic E-state index is 12.4. The molecule has 24 heavy (non-hydrogen) atoms. The van der Waals surface area contributed by atoms with Crippen molar-refractivity contribution in [2.75, 3.05) is 17.1 Å². The Kier molecular flexibility index (Phi) is 6.33. The van der Waals surface area contributed by atoms with Crippen molar-refractivity contribution in [2.24, 2.45) is 5.41 Å². The number of rotatable bonds is 6. The van der Waals surface area contributed by atoms with E-state index in [0.717, 1.165) is 17.0 Å². The molecule has 0 aliphatic carbocycles. The zero-order chi connectivity index (χ0) is 18.8. The molecule has 0 unspecified atom stereocenters. The Balaban J connectivity index is 2.92. The number of carbonyl (C=O) groups excluding carboxylic acids is 1. The van der Waals surface area contributed by atoms with E-state index in [9.17, 15) is 13.2 Å². The standard InChI is InChI=1S/C17H27ClN2O3S/c1-16(2,3)12-17(4,5)19-15(21)11-20(24(6,22)23)14-9-7-13(18)8-10-14/h7-10H,11-12H2,1-6H3,(H,19,21). The van der Waals surface area contributed by atoms with Crippen molar-refractivity contribution in [1.82, 2.24) is 5.32 Å². The fraction of sp³-hybridized carbons (Fsp3) is 0.588. The Labute approximate surface area is 150 Å². The Hall–Kier alpha value is -1.27. The number of nitrogens with zero attached hydrogens (tertiary/aromatic N) is 1. The molecule has 1 N–H and O–H groups in total. The molecule has 0 saturated heterocycles. The normalized spacial score (nSPS) is 12.8. The maximum Gasteiger partial charge on any atom is 0.241 e. The van der Waals surface area contributed by atoms with E-state index < -0.39 is 15.6 Å². The van der Waals surface area contributed by atoms with Gasteiger partial charge in [-0.05, 0) is 49.9 Å². The van der Waals surface area contributed by atoms with Crippen molar-refractivity contribution in [2.45, 2.75) is 46.6 Å². The smallest absolute Gasteiger partial charge is 0.241 e. The van der Waals surface area contributed by atoms with Crippen LogP contribution in [-0.4, -0.2) is 32.7 Å². The van der Waals surface area contributed by atoms with Crippen LogP contribution >= 0.6 is 11.6 Å². The van der Waals surface area contributed by atoms with E-state index in [2.05, 4.69) is 26.1 Å². The predicted molar refractivity (Wildman–Crippen MR) is 99.9 cm³/mol. The van der Waals surface area contributed by atoms with Gasteiger partial charge in [0.1, 0.15) is 6.54 Å². The van der Waals surface area contributed by atoms with Crippen LogP contribution in [0, 0.1) is 5.41 Å². The van der Waals surface area contributed by atoms with Crippen LogP contribution in [0.15, 0.2) is 24.3 Å². The number of nitrogens with one attached hydrogen (secondary N) is 1. The fourth-order valence-electron chi connectivity index (χ4n) is 2.92. The van der Waals surface area contributed by atoms with Crippen molar-refractivity contribution in [3.8, 4) is 0 Å². The molecule has 1 rings (SSSR count). The van der Waals surface area contributed by atoms with E-state index in [4.69, 9.17) is 11.6 Å². The van der Waals surface area contributed by atoms with E-state index in [0.29, 0.717) is 10.7 Å². The number of sulfonamides is 1. The molecule has 1 aromatic carbocycles. The lowest BCUT2D eigenvalue weighted by molar-refractivity contribution is -0.121. The molecular weight excluding hydrogens is 348 g/mol. The minimum absolute atomic E-state index is 0.0451. The summed E-state index contributed by atoms with van der Waals surface area (Å²) < 4.78 is 25.2. The van der Waals surface area contributed by atoms with Crippen molar-refractivity contribution in [3.63, 3.8) is 0 Å². The molecule has 0 bridgehead atoms. The first-order valence-corrected chi connectivity index (χ1v) is 9.97. The van der Waals surface area contributed by atoms with Gasteiger partial charge in [-0.25, -0.2) is 8.42 Å².